The van der Waals surface area contributed by atoms with Crippen molar-refractivity contribution < 1.29 is 52.8 Å². The molecule has 316 valence electrons. The lowest BCUT2D eigenvalue weighted by molar-refractivity contribution is -0.172. The minimum Gasteiger partial charge on any atom is -0.465 e. The molecule has 0 saturated heterocycles. The van der Waals surface area contributed by atoms with Gasteiger partial charge in [-0.1, -0.05) is 73.6 Å². The first-order valence-electron chi connectivity index (χ1n) is 20.5. The third-order valence-electron chi connectivity index (χ3n) is 9.79. The van der Waals surface area contributed by atoms with Crippen LogP contribution in [0.4, 0.5) is 0 Å². The number of thioether (sulfide) groups is 1. The lowest BCUT2D eigenvalue weighted by Crippen LogP contribution is -2.48. The van der Waals surface area contributed by atoms with Gasteiger partial charge in [0.25, 0.3) is 0 Å². The van der Waals surface area contributed by atoms with Gasteiger partial charge >= 0.3 is 29.8 Å². The van der Waals surface area contributed by atoms with Gasteiger partial charge in [0.1, 0.15) is 0 Å². The van der Waals surface area contributed by atoms with Crippen molar-refractivity contribution in [1.82, 2.24) is 0 Å². The molecule has 0 saturated carbocycles. The molecule has 0 bridgehead atoms. The van der Waals surface area contributed by atoms with Crippen LogP contribution in [0.1, 0.15) is 159 Å². The molecule has 0 aliphatic rings. The Labute approximate surface area is 331 Å². The quantitative estimate of drug-likeness (QED) is 0.0395. The Morgan fingerprint density at radius 2 is 0.833 bits per heavy atom. The molecule has 0 heterocycles. The Balaban J connectivity index is 7.35. The van der Waals surface area contributed by atoms with E-state index in [0.29, 0.717) is 37.9 Å². The third kappa shape index (κ3) is 18.5. The molecule has 54 heavy (non-hydrogen) atoms. The molecular formula is C42H76O11S. The maximum Gasteiger partial charge on any atom is 0.312 e. The van der Waals surface area contributed by atoms with Crippen LogP contribution >= 0.6 is 11.8 Å². The molecule has 12 heteroatoms. The number of hydrogen-bond donors (Lipinski definition) is 1. The predicted molar refractivity (Wildman–Crippen MR) is 214 cm³/mol. The Morgan fingerprint density at radius 1 is 0.519 bits per heavy atom. The van der Waals surface area contributed by atoms with Crippen LogP contribution < -0.4 is 0 Å². The Hall–Kier alpha value is -2.34. The van der Waals surface area contributed by atoms with Gasteiger partial charge in [-0.3, -0.25) is 24.0 Å². The second-order valence-electron chi connectivity index (χ2n) is 16.1. The fraction of sp³-hybridized carbons (Fsp3) is 0.881. The Kier molecular flexibility index (Phi) is 26.1. The smallest absolute Gasteiger partial charge is 0.312 e. The molecule has 0 aromatic rings. The molecule has 0 aliphatic carbocycles. The van der Waals surface area contributed by atoms with Gasteiger partial charge in [0.2, 0.25) is 0 Å². The van der Waals surface area contributed by atoms with Crippen molar-refractivity contribution in [2.24, 2.45) is 27.6 Å². The molecule has 0 aliphatic heterocycles. The molecule has 0 radical (unpaired) electrons. The number of ether oxygens (including phenoxy) is 5. The molecule has 5 atom stereocenters. The Morgan fingerprint density at radius 3 is 1.20 bits per heavy atom. The van der Waals surface area contributed by atoms with E-state index in [0.717, 1.165) is 32.1 Å². The van der Waals surface area contributed by atoms with Gasteiger partial charge in [-0.15, -0.1) is 0 Å². The summed E-state index contributed by atoms with van der Waals surface area (Å²) in [5, 5.41) is 9.56. The average molecular weight is 789 g/mol. The fourth-order valence-electron chi connectivity index (χ4n) is 6.92. The number of aliphatic hydroxyl groups excluding tert-OH is 1. The van der Waals surface area contributed by atoms with Crippen molar-refractivity contribution in [3.8, 4) is 0 Å². The highest BCUT2D eigenvalue weighted by Crippen LogP contribution is 2.51. The van der Waals surface area contributed by atoms with Crippen LogP contribution in [-0.4, -0.2) is 86.1 Å². The number of esters is 5. The van der Waals surface area contributed by atoms with Crippen molar-refractivity contribution in [3.63, 3.8) is 0 Å². The number of aliphatic hydroxyl groups is 1. The monoisotopic (exact) mass is 789 g/mol. The van der Waals surface area contributed by atoms with E-state index < -0.39 is 57.4 Å². The zero-order valence-corrected chi connectivity index (χ0v) is 36.4. The van der Waals surface area contributed by atoms with Crippen molar-refractivity contribution in [3.05, 3.63) is 0 Å². The van der Waals surface area contributed by atoms with Gasteiger partial charge in [0.15, 0.2) is 0 Å². The Bertz CT molecular complexity index is 1120. The molecule has 0 aromatic heterocycles. The first-order chi connectivity index (χ1) is 25.5. The minimum absolute atomic E-state index is 0.0238. The fourth-order valence-corrected chi connectivity index (χ4v) is 7.86. The third-order valence-corrected chi connectivity index (χ3v) is 11.1. The second kappa shape index (κ2) is 27.3. The summed E-state index contributed by atoms with van der Waals surface area (Å²) in [7, 11) is 0. The number of unbranched alkanes of at least 4 members (excludes halogenated alkanes) is 5. The van der Waals surface area contributed by atoms with Crippen molar-refractivity contribution in [2.45, 2.75) is 159 Å². The van der Waals surface area contributed by atoms with Crippen LogP contribution in [0.25, 0.3) is 0 Å². The summed E-state index contributed by atoms with van der Waals surface area (Å²) in [4.78, 5) is 69.8. The van der Waals surface area contributed by atoms with Gasteiger partial charge in [-0.25, -0.2) is 0 Å². The maximum atomic E-state index is 14.4. The van der Waals surface area contributed by atoms with Gasteiger partial charge < -0.3 is 28.8 Å². The van der Waals surface area contributed by atoms with E-state index in [-0.39, 0.29) is 71.1 Å². The van der Waals surface area contributed by atoms with Crippen LogP contribution in [0, 0.1) is 27.6 Å². The van der Waals surface area contributed by atoms with Crippen LogP contribution in [0.5, 0.6) is 0 Å². The van der Waals surface area contributed by atoms with Gasteiger partial charge in [0.05, 0.1) is 67.2 Å². The number of carbonyl (C=O) groups is 5. The molecule has 0 amide bonds. The van der Waals surface area contributed by atoms with Crippen LogP contribution in [-0.2, 0) is 47.7 Å². The first kappa shape index (κ1) is 51.7. The summed E-state index contributed by atoms with van der Waals surface area (Å²) in [6.07, 6.45) is 7.17. The summed E-state index contributed by atoms with van der Waals surface area (Å²) in [6, 6.07) is 0. The molecule has 0 spiro atoms. The average Bonchev–Trinajstić information content (AvgIpc) is 3.11. The predicted octanol–water partition coefficient (Wildman–Crippen LogP) is 8.65. The van der Waals surface area contributed by atoms with E-state index in [1.165, 1.54) is 11.8 Å². The van der Waals surface area contributed by atoms with E-state index in [2.05, 4.69) is 0 Å². The van der Waals surface area contributed by atoms with Crippen LogP contribution in [0.3, 0.4) is 0 Å². The summed E-state index contributed by atoms with van der Waals surface area (Å²) < 4.78 is 28.8. The van der Waals surface area contributed by atoms with Gasteiger partial charge in [-0.05, 0) is 85.5 Å². The number of carbonyl (C=O) groups excluding carboxylic acids is 5. The molecule has 0 aromatic carbocycles. The molecule has 5 unspecified atom stereocenters. The SMILES string of the molecule is CCCCOC(=O)C(C)CC(C)(CC(C)(CC(C)(CC(C)(CSCCO)C(=O)OCCCC)C(=O)OCCCC)C(=O)OCCCC)C(=O)OCCCC. The summed E-state index contributed by atoms with van der Waals surface area (Å²) in [5.41, 5.74) is -5.45. The van der Waals surface area contributed by atoms with E-state index in [1.54, 1.807) is 34.6 Å². The lowest BCUT2D eigenvalue weighted by Gasteiger charge is -2.43. The van der Waals surface area contributed by atoms with Crippen molar-refractivity contribution in [2.75, 3.05) is 51.1 Å². The lowest BCUT2D eigenvalue weighted by atomic mass is 9.60. The van der Waals surface area contributed by atoms with Crippen LogP contribution in [0.15, 0.2) is 0 Å². The minimum atomic E-state index is -1.47. The standard InChI is InChI=1S/C42H76O11S/c1-11-16-22-49-34(44)33(6)28-39(7,35(45)50-23-17-12-2)29-40(8,36(46)51-24-18-13-3)30-41(9,37(47)52-25-19-14-4)31-42(10,32-54-27-21-43)38(48)53-26-20-15-5/h33,43H,11-32H2,1-10H3. The molecule has 0 rings (SSSR count). The van der Waals surface area contributed by atoms with E-state index >= 15 is 0 Å². The van der Waals surface area contributed by atoms with E-state index in [1.807, 2.05) is 34.6 Å². The summed E-state index contributed by atoms with van der Waals surface area (Å²) in [5.74, 6) is -2.66. The summed E-state index contributed by atoms with van der Waals surface area (Å²) in [6.45, 7) is 19.4. The van der Waals surface area contributed by atoms with Crippen molar-refractivity contribution >= 4 is 41.6 Å². The normalized spacial score (nSPS) is 16.4. The highest BCUT2D eigenvalue weighted by molar-refractivity contribution is 7.99. The topological polar surface area (TPSA) is 152 Å². The molecular weight excluding hydrogens is 713 g/mol. The molecule has 0 fully saturated rings. The highest BCUT2D eigenvalue weighted by atomic mass is 32.2. The largest absolute Gasteiger partial charge is 0.465 e. The summed E-state index contributed by atoms with van der Waals surface area (Å²) >= 11 is 1.38. The number of hydrogen-bond acceptors (Lipinski definition) is 12. The maximum absolute atomic E-state index is 14.4. The van der Waals surface area contributed by atoms with E-state index in [4.69, 9.17) is 23.7 Å². The van der Waals surface area contributed by atoms with E-state index in [9.17, 15) is 29.1 Å². The molecule has 11 nitrogen and oxygen atoms in total. The van der Waals surface area contributed by atoms with Gasteiger partial charge in [0, 0.05) is 11.5 Å². The highest BCUT2D eigenvalue weighted by Gasteiger charge is 2.55. The second-order valence-corrected chi connectivity index (χ2v) is 17.2. The first-order valence-corrected chi connectivity index (χ1v) is 21.7. The molecule has 1 N–H and O–H groups in total. The van der Waals surface area contributed by atoms with Crippen LogP contribution in [0.2, 0.25) is 0 Å². The number of rotatable bonds is 32. The zero-order chi connectivity index (χ0) is 41.3. The zero-order valence-electron chi connectivity index (χ0n) is 35.6. The van der Waals surface area contributed by atoms with Gasteiger partial charge in [-0.2, -0.15) is 11.8 Å². The van der Waals surface area contributed by atoms with Crippen molar-refractivity contribution in [1.29, 1.82) is 0 Å².